The Hall–Kier alpha value is -1.70. The Bertz CT molecular complexity index is 768. The molecule has 1 fully saturated rings. The SMILES string of the molecule is Cn1cnc(S(=O)(=O)N2CC(c3ccccc3)C(C)(N)C2)c1. The van der Waals surface area contributed by atoms with Gasteiger partial charge in [0.2, 0.25) is 0 Å². The number of aromatic nitrogens is 2. The maximum atomic E-state index is 12.7. The van der Waals surface area contributed by atoms with Crippen LogP contribution in [-0.2, 0) is 17.1 Å². The zero-order valence-electron chi connectivity index (χ0n) is 12.7. The number of rotatable bonds is 3. The third-order valence-corrected chi connectivity index (χ3v) is 5.88. The Morgan fingerprint density at radius 2 is 2.00 bits per heavy atom. The molecule has 0 spiro atoms. The summed E-state index contributed by atoms with van der Waals surface area (Å²) in [5.41, 5.74) is 6.85. The van der Waals surface area contributed by atoms with Crippen LogP contribution in [-0.4, -0.2) is 40.9 Å². The van der Waals surface area contributed by atoms with Crippen molar-refractivity contribution in [3.8, 4) is 0 Å². The molecule has 0 amide bonds. The zero-order chi connectivity index (χ0) is 16.0. The van der Waals surface area contributed by atoms with Crippen LogP contribution in [0.3, 0.4) is 0 Å². The zero-order valence-corrected chi connectivity index (χ0v) is 13.5. The van der Waals surface area contributed by atoms with Crippen molar-refractivity contribution in [2.24, 2.45) is 12.8 Å². The minimum absolute atomic E-state index is 0.0350. The van der Waals surface area contributed by atoms with Crippen molar-refractivity contribution in [2.75, 3.05) is 13.1 Å². The van der Waals surface area contributed by atoms with Crippen LogP contribution in [0.4, 0.5) is 0 Å². The van der Waals surface area contributed by atoms with E-state index >= 15 is 0 Å². The summed E-state index contributed by atoms with van der Waals surface area (Å²) in [5.74, 6) is -0.0350. The molecule has 0 radical (unpaired) electrons. The molecular weight excluding hydrogens is 300 g/mol. The Morgan fingerprint density at radius 3 is 2.59 bits per heavy atom. The monoisotopic (exact) mass is 320 g/mol. The first-order valence-corrected chi connectivity index (χ1v) is 8.57. The lowest BCUT2D eigenvalue weighted by atomic mass is 9.84. The van der Waals surface area contributed by atoms with Crippen molar-refractivity contribution < 1.29 is 8.42 Å². The van der Waals surface area contributed by atoms with E-state index in [1.807, 2.05) is 37.3 Å². The van der Waals surface area contributed by atoms with Gasteiger partial charge in [0, 0.05) is 37.8 Å². The van der Waals surface area contributed by atoms with Crippen molar-refractivity contribution in [3.63, 3.8) is 0 Å². The molecular formula is C15H20N4O2S. The van der Waals surface area contributed by atoms with E-state index in [2.05, 4.69) is 4.98 Å². The smallest absolute Gasteiger partial charge is 0.262 e. The summed E-state index contributed by atoms with van der Waals surface area (Å²) in [6.07, 6.45) is 3.00. The number of hydrogen-bond donors (Lipinski definition) is 1. The van der Waals surface area contributed by atoms with E-state index in [1.165, 1.54) is 16.8 Å². The third-order valence-electron chi connectivity index (χ3n) is 4.19. The highest BCUT2D eigenvalue weighted by atomic mass is 32.2. The number of sulfonamides is 1. The van der Waals surface area contributed by atoms with Crippen molar-refractivity contribution in [2.45, 2.75) is 23.4 Å². The molecule has 7 heteroatoms. The number of imidazole rings is 1. The van der Waals surface area contributed by atoms with E-state index in [1.54, 1.807) is 11.6 Å². The van der Waals surface area contributed by atoms with Crippen molar-refractivity contribution in [1.29, 1.82) is 0 Å². The Morgan fingerprint density at radius 1 is 1.32 bits per heavy atom. The second-order valence-electron chi connectivity index (χ2n) is 6.14. The normalized spacial score (nSPS) is 26.4. The predicted octanol–water partition coefficient (Wildman–Crippen LogP) is 0.926. The second-order valence-corrected chi connectivity index (χ2v) is 8.03. The molecule has 2 heterocycles. The number of aryl methyl sites for hydroxylation is 1. The summed E-state index contributed by atoms with van der Waals surface area (Å²) in [4.78, 5) is 3.97. The first kappa shape index (κ1) is 15.2. The van der Waals surface area contributed by atoms with E-state index in [-0.39, 0.29) is 17.5 Å². The predicted molar refractivity (Wildman–Crippen MR) is 83.7 cm³/mol. The van der Waals surface area contributed by atoms with Gasteiger partial charge in [0.15, 0.2) is 5.03 Å². The fourth-order valence-electron chi connectivity index (χ4n) is 2.98. The van der Waals surface area contributed by atoms with Crippen LogP contribution in [0.1, 0.15) is 18.4 Å². The Kier molecular flexibility index (Phi) is 3.58. The highest BCUT2D eigenvalue weighted by Crippen LogP contribution is 2.36. The van der Waals surface area contributed by atoms with Crippen LogP contribution in [0, 0.1) is 0 Å². The fraction of sp³-hybridized carbons (Fsp3) is 0.400. The van der Waals surface area contributed by atoms with Crippen molar-refractivity contribution >= 4 is 10.0 Å². The van der Waals surface area contributed by atoms with Gasteiger partial charge in [-0.2, -0.15) is 4.31 Å². The number of hydrogen-bond acceptors (Lipinski definition) is 4. The summed E-state index contributed by atoms with van der Waals surface area (Å²) in [6, 6.07) is 9.82. The van der Waals surface area contributed by atoms with Gasteiger partial charge in [-0.1, -0.05) is 30.3 Å². The molecule has 118 valence electrons. The van der Waals surface area contributed by atoms with Gasteiger partial charge in [-0.15, -0.1) is 0 Å². The Labute approximate surface area is 130 Å². The molecule has 1 saturated heterocycles. The lowest BCUT2D eigenvalue weighted by molar-refractivity contribution is 0.429. The minimum Gasteiger partial charge on any atom is -0.339 e. The first-order valence-electron chi connectivity index (χ1n) is 7.13. The standard InChI is InChI=1S/C15H20N4O2S/c1-15(16)10-19(8-13(15)12-6-4-3-5-7-12)22(20,21)14-9-18(2)11-17-14/h3-7,9,11,13H,8,10,16H2,1-2H3. The van der Waals surface area contributed by atoms with Gasteiger partial charge in [0.1, 0.15) is 0 Å². The van der Waals surface area contributed by atoms with Gasteiger partial charge < -0.3 is 10.3 Å². The average Bonchev–Trinajstić information content (AvgIpc) is 3.04. The quantitative estimate of drug-likeness (QED) is 0.912. The van der Waals surface area contributed by atoms with Gasteiger partial charge in [-0.3, -0.25) is 0 Å². The summed E-state index contributed by atoms with van der Waals surface area (Å²) in [7, 11) is -1.86. The minimum atomic E-state index is -3.61. The molecule has 2 N–H and O–H groups in total. The topological polar surface area (TPSA) is 81.2 Å². The molecule has 2 atom stereocenters. The summed E-state index contributed by atoms with van der Waals surface area (Å²) >= 11 is 0. The summed E-state index contributed by atoms with van der Waals surface area (Å²) in [6.45, 7) is 2.56. The molecule has 22 heavy (non-hydrogen) atoms. The van der Waals surface area contributed by atoms with E-state index in [0.29, 0.717) is 6.54 Å². The third kappa shape index (κ3) is 2.55. The number of nitrogens with two attached hydrogens (primary N) is 1. The molecule has 0 saturated carbocycles. The van der Waals surface area contributed by atoms with Crippen molar-refractivity contribution in [1.82, 2.24) is 13.9 Å². The van der Waals surface area contributed by atoms with Gasteiger partial charge in [-0.25, -0.2) is 13.4 Å². The molecule has 0 aliphatic carbocycles. The van der Waals surface area contributed by atoms with Gasteiger partial charge >= 0.3 is 0 Å². The maximum absolute atomic E-state index is 12.7. The second kappa shape index (κ2) is 5.19. The molecule has 3 rings (SSSR count). The van der Waals surface area contributed by atoms with Crippen LogP contribution in [0.15, 0.2) is 47.9 Å². The molecule has 6 nitrogen and oxygen atoms in total. The van der Waals surface area contributed by atoms with Crippen LogP contribution in [0.2, 0.25) is 0 Å². The largest absolute Gasteiger partial charge is 0.339 e. The highest BCUT2D eigenvalue weighted by molar-refractivity contribution is 7.89. The van der Waals surface area contributed by atoms with E-state index in [4.69, 9.17) is 5.73 Å². The van der Waals surface area contributed by atoms with E-state index in [0.717, 1.165) is 5.56 Å². The lowest BCUT2D eigenvalue weighted by Crippen LogP contribution is -2.44. The number of benzene rings is 1. The molecule has 1 aromatic heterocycles. The molecule has 1 aliphatic heterocycles. The van der Waals surface area contributed by atoms with Crippen LogP contribution in [0.25, 0.3) is 0 Å². The Balaban J connectivity index is 1.92. The first-order chi connectivity index (χ1) is 10.3. The molecule has 2 unspecified atom stereocenters. The van der Waals surface area contributed by atoms with E-state index < -0.39 is 15.6 Å². The molecule has 2 aromatic rings. The highest BCUT2D eigenvalue weighted by Gasteiger charge is 2.46. The lowest BCUT2D eigenvalue weighted by Gasteiger charge is -2.25. The molecule has 0 bridgehead atoms. The van der Waals surface area contributed by atoms with Crippen molar-refractivity contribution in [3.05, 3.63) is 48.4 Å². The maximum Gasteiger partial charge on any atom is 0.262 e. The van der Waals surface area contributed by atoms with E-state index in [9.17, 15) is 8.42 Å². The summed E-state index contributed by atoms with van der Waals surface area (Å²) in [5, 5.41) is 0.0690. The van der Waals surface area contributed by atoms with Crippen LogP contribution in [0.5, 0.6) is 0 Å². The van der Waals surface area contributed by atoms with Gasteiger partial charge in [0.05, 0.1) is 6.33 Å². The number of nitrogens with zero attached hydrogens (tertiary/aromatic N) is 3. The van der Waals surface area contributed by atoms with Crippen LogP contribution < -0.4 is 5.73 Å². The average molecular weight is 320 g/mol. The van der Waals surface area contributed by atoms with Crippen LogP contribution >= 0.6 is 0 Å². The molecule has 1 aliphatic rings. The summed E-state index contributed by atoms with van der Waals surface area (Å²) < 4.78 is 28.5. The van der Waals surface area contributed by atoms with Gasteiger partial charge in [-0.05, 0) is 12.5 Å². The fourth-order valence-corrected chi connectivity index (χ4v) is 4.51. The van der Waals surface area contributed by atoms with Gasteiger partial charge in [0.25, 0.3) is 10.0 Å². The molecule has 1 aromatic carbocycles.